The van der Waals surface area contributed by atoms with E-state index >= 15 is 0 Å². The van der Waals surface area contributed by atoms with Gasteiger partial charge in [-0.3, -0.25) is 4.55 Å². The van der Waals surface area contributed by atoms with Crippen LogP contribution in [-0.4, -0.2) is 48.0 Å². The van der Waals surface area contributed by atoms with E-state index < -0.39 is 39.8 Å². The normalized spacial score (nSPS) is 13.1. The van der Waals surface area contributed by atoms with Crippen LogP contribution in [0.2, 0.25) is 0 Å². The summed E-state index contributed by atoms with van der Waals surface area (Å²) >= 11 is 0. The largest absolute Gasteiger partial charge is 1.00 e. The minimum Gasteiger partial charge on any atom is -0.550 e. The Labute approximate surface area is 247 Å². The molecule has 214 valence electrons. The first-order valence-electron chi connectivity index (χ1n) is 14.2. The molecular weight excluding hydrogens is 507 g/mol. The molecular formula is C27H51NaO8S. The number of unbranched alkanes of at least 4 members (excludes halogenated alkanes) is 17. The Hall–Kier alpha value is -0.190. The fraction of sp³-hybridized carbons (Fsp3) is 0.926. The number of aliphatic hydroxyl groups is 1. The Morgan fingerprint density at radius 3 is 1.46 bits per heavy atom. The molecule has 0 aliphatic carbocycles. The number of hydrogen-bond acceptors (Lipinski definition) is 7. The maximum absolute atomic E-state index is 12.2. The summed E-state index contributed by atoms with van der Waals surface area (Å²) in [6.07, 6.45) is 20.7. The number of carbonyl (C=O) groups excluding carboxylic acids is 2. The molecule has 1 unspecified atom stereocenters. The van der Waals surface area contributed by atoms with Crippen molar-refractivity contribution in [2.24, 2.45) is 0 Å². The number of carboxylic acids is 1. The van der Waals surface area contributed by atoms with E-state index in [2.05, 4.69) is 6.92 Å². The van der Waals surface area contributed by atoms with Crippen molar-refractivity contribution in [2.45, 2.75) is 147 Å². The van der Waals surface area contributed by atoms with Crippen LogP contribution in [0.15, 0.2) is 0 Å². The first kappa shape index (κ1) is 39.0. The van der Waals surface area contributed by atoms with Crippen LogP contribution in [-0.2, 0) is 24.4 Å². The number of aliphatic carboxylic acids is 1. The molecule has 0 aliphatic rings. The molecule has 0 amide bonds. The number of ether oxygens (including phenoxy) is 1. The van der Waals surface area contributed by atoms with Gasteiger partial charge < -0.3 is 19.7 Å². The van der Waals surface area contributed by atoms with Crippen molar-refractivity contribution in [1.82, 2.24) is 0 Å². The second kappa shape index (κ2) is 24.8. The minimum absolute atomic E-state index is 0. The van der Waals surface area contributed by atoms with Crippen molar-refractivity contribution >= 4 is 22.1 Å². The quantitative estimate of drug-likeness (QED) is 0.0712. The van der Waals surface area contributed by atoms with Crippen molar-refractivity contribution in [2.75, 3.05) is 12.4 Å². The molecule has 0 spiro atoms. The number of carbonyl (C=O) groups is 2. The SMILES string of the molecule is CCCCCCCCCCCCCCCCCCCCC(O)(CC(=O)[O-])C(=O)OCCCS(=O)(=O)O.[Na+]. The van der Waals surface area contributed by atoms with Gasteiger partial charge in [0.25, 0.3) is 10.1 Å². The van der Waals surface area contributed by atoms with Crippen LogP contribution in [0.5, 0.6) is 0 Å². The fourth-order valence-corrected chi connectivity index (χ4v) is 4.84. The Balaban J connectivity index is 0. The summed E-state index contributed by atoms with van der Waals surface area (Å²) in [6.45, 7) is 1.91. The van der Waals surface area contributed by atoms with Gasteiger partial charge in [0, 0.05) is 12.4 Å². The molecule has 0 fully saturated rings. The van der Waals surface area contributed by atoms with Crippen LogP contribution < -0.4 is 34.7 Å². The Morgan fingerprint density at radius 2 is 1.11 bits per heavy atom. The summed E-state index contributed by atoms with van der Waals surface area (Å²) in [7, 11) is -4.17. The first-order valence-corrected chi connectivity index (χ1v) is 15.8. The Kier molecular flexibility index (Phi) is 26.1. The zero-order valence-corrected chi connectivity index (χ0v) is 26.3. The molecule has 0 bridgehead atoms. The molecule has 0 saturated carbocycles. The summed E-state index contributed by atoms with van der Waals surface area (Å²) in [5, 5.41) is 21.5. The van der Waals surface area contributed by atoms with Gasteiger partial charge in [0.2, 0.25) is 0 Å². The summed E-state index contributed by atoms with van der Waals surface area (Å²) in [5.74, 6) is -3.25. The van der Waals surface area contributed by atoms with Gasteiger partial charge >= 0.3 is 35.5 Å². The van der Waals surface area contributed by atoms with Crippen LogP contribution in [0.1, 0.15) is 142 Å². The van der Waals surface area contributed by atoms with Gasteiger partial charge in [0.05, 0.1) is 12.4 Å². The van der Waals surface area contributed by atoms with Gasteiger partial charge in [-0.05, 0) is 19.3 Å². The standard InChI is InChI=1S/C27H52O8S.Na/c1-2-3-4-5-6-7-8-9-10-11-12-13-14-15-16-17-18-19-21-27(31,24-25(28)29)26(30)35-22-20-23-36(32,33)34;/h31H,2-24H2,1H3,(H,28,29)(H,32,33,34);/q;+1/p-1. The van der Waals surface area contributed by atoms with E-state index in [-0.39, 0.29) is 49.0 Å². The molecule has 0 aromatic rings. The molecule has 1 atom stereocenters. The molecule has 0 aliphatic heterocycles. The van der Waals surface area contributed by atoms with Crippen LogP contribution >= 0.6 is 0 Å². The zero-order chi connectivity index (χ0) is 27.1. The predicted molar refractivity (Wildman–Crippen MR) is 140 cm³/mol. The summed E-state index contributed by atoms with van der Waals surface area (Å²) in [4.78, 5) is 23.1. The summed E-state index contributed by atoms with van der Waals surface area (Å²) in [5.41, 5.74) is -2.19. The molecule has 2 N–H and O–H groups in total. The summed E-state index contributed by atoms with van der Waals surface area (Å²) < 4.78 is 34.9. The van der Waals surface area contributed by atoms with E-state index in [0.717, 1.165) is 25.7 Å². The Bertz CT molecular complexity index is 671. The first-order chi connectivity index (χ1) is 17.1. The molecule has 8 nitrogen and oxygen atoms in total. The second-order valence-electron chi connectivity index (χ2n) is 10.1. The summed E-state index contributed by atoms with van der Waals surface area (Å²) in [6, 6.07) is 0. The van der Waals surface area contributed by atoms with E-state index in [1.807, 2.05) is 0 Å². The van der Waals surface area contributed by atoms with E-state index in [4.69, 9.17) is 9.29 Å². The van der Waals surface area contributed by atoms with E-state index in [1.54, 1.807) is 0 Å². The van der Waals surface area contributed by atoms with Gasteiger partial charge in [-0.1, -0.05) is 116 Å². The average Bonchev–Trinajstić information content (AvgIpc) is 2.79. The molecule has 10 heteroatoms. The van der Waals surface area contributed by atoms with E-state index in [9.17, 15) is 28.2 Å². The zero-order valence-electron chi connectivity index (χ0n) is 23.5. The van der Waals surface area contributed by atoms with Crippen LogP contribution in [0.3, 0.4) is 0 Å². The molecule has 37 heavy (non-hydrogen) atoms. The van der Waals surface area contributed by atoms with Crippen molar-refractivity contribution < 1.29 is 67.1 Å². The van der Waals surface area contributed by atoms with E-state index in [0.29, 0.717) is 6.42 Å². The van der Waals surface area contributed by atoms with Crippen LogP contribution in [0.4, 0.5) is 0 Å². The average molecular weight is 559 g/mol. The van der Waals surface area contributed by atoms with Crippen molar-refractivity contribution in [3.05, 3.63) is 0 Å². The van der Waals surface area contributed by atoms with Crippen molar-refractivity contribution in [1.29, 1.82) is 0 Å². The van der Waals surface area contributed by atoms with Gasteiger partial charge in [0.15, 0.2) is 5.60 Å². The molecule has 0 aromatic heterocycles. The molecule has 0 radical (unpaired) electrons. The maximum Gasteiger partial charge on any atom is 1.00 e. The third-order valence-electron chi connectivity index (χ3n) is 6.54. The maximum atomic E-state index is 12.2. The monoisotopic (exact) mass is 558 g/mol. The second-order valence-corrected chi connectivity index (χ2v) is 11.7. The number of esters is 1. The molecule has 0 aromatic carbocycles. The Morgan fingerprint density at radius 1 is 0.730 bits per heavy atom. The topological polar surface area (TPSA) is 141 Å². The van der Waals surface area contributed by atoms with Crippen molar-refractivity contribution in [3.63, 3.8) is 0 Å². The number of hydrogen-bond donors (Lipinski definition) is 2. The van der Waals surface area contributed by atoms with Gasteiger partial charge in [-0.25, -0.2) is 4.79 Å². The van der Waals surface area contributed by atoms with Gasteiger partial charge in [-0.2, -0.15) is 8.42 Å². The third-order valence-corrected chi connectivity index (χ3v) is 7.35. The predicted octanol–water partition coefficient (Wildman–Crippen LogP) is 2.11. The minimum atomic E-state index is -4.17. The number of carboxylic acid groups (broad SMARTS) is 1. The van der Waals surface area contributed by atoms with Crippen LogP contribution in [0, 0.1) is 0 Å². The molecule has 0 heterocycles. The molecule has 0 saturated heterocycles. The van der Waals surface area contributed by atoms with Gasteiger partial charge in [-0.15, -0.1) is 0 Å². The van der Waals surface area contributed by atoms with Crippen molar-refractivity contribution in [3.8, 4) is 0 Å². The number of rotatable bonds is 26. The fourth-order valence-electron chi connectivity index (χ4n) is 4.36. The van der Waals surface area contributed by atoms with Crippen LogP contribution in [0.25, 0.3) is 0 Å². The van der Waals surface area contributed by atoms with Gasteiger partial charge in [0.1, 0.15) is 0 Å². The smallest absolute Gasteiger partial charge is 0.550 e. The van der Waals surface area contributed by atoms with E-state index in [1.165, 1.54) is 83.5 Å². The third kappa shape index (κ3) is 25.8. The molecule has 0 rings (SSSR count).